The highest BCUT2D eigenvalue weighted by Crippen LogP contribution is 2.52. The predicted octanol–water partition coefficient (Wildman–Crippen LogP) is 15.8. The van der Waals surface area contributed by atoms with Gasteiger partial charge in [-0.05, 0) is 118 Å². The van der Waals surface area contributed by atoms with Crippen LogP contribution in [0.15, 0.2) is 188 Å². The summed E-state index contributed by atoms with van der Waals surface area (Å²) in [6.45, 7) is 9.41. The number of hydrogen-bond donors (Lipinski definition) is 0. The highest BCUT2D eigenvalue weighted by molar-refractivity contribution is 6.27. The predicted molar refractivity (Wildman–Crippen MR) is 254 cm³/mol. The summed E-state index contributed by atoms with van der Waals surface area (Å²) in [5.41, 5.74) is 21.7. The molecule has 0 spiro atoms. The molecule has 1 heteroatoms. The maximum Gasteiger partial charge on any atom is 0.0708 e. The molecule has 0 amide bonds. The first-order valence-corrected chi connectivity index (χ1v) is 21.2. The van der Waals surface area contributed by atoms with E-state index in [0.717, 1.165) is 10.9 Å². The van der Waals surface area contributed by atoms with Crippen LogP contribution in [0, 0.1) is 0 Å². The van der Waals surface area contributed by atoms with Crippen LogP contribution in [0.2, 0.25) is 0 Å². The maximum absolute atomic E-state index is 5.08. The summed E-state index contributed by atoms with van der Waals surface area (Å²) in [6, 6.07) is 67.8. The molecule has 1 heterocycles. The van der Waals surface area contributed by atoms with E-state index in [0.29, 0.717) is 0 Å². The van der Waals surface area contributed by atoms with E-state index in [1.165, 1.54) is 111 Å². The van der Waals surface area contributed by atoms with Crippen molar-refractivity contribution in [1.82, 2.24) is 4.98 Å². The molecule has 0 saturated carbocycles. The molecule has 284 valence electrons. The van der Waals surface area contributed by atoms with Crippen molar-refractivity contribution >= 4 is 32.4 Å². The van der Waals surface area contributed by atoms with Crippen molar-refractivity contribution in [1.29, 1.82) is 0 Å². The second kappa shape index (κ2) is 12.7. The summed E-state index contributed by atoms with van der Waals surface area (Å²) in [6.07, 6.45) is 2.11. The highest BCUT2D eigenvalue weighted by atomic mass is 14.7. The fraction of sp³-hybridized carbons (Fsp3) is 0.102. The third-order valence-electron chi connectivity index (χ3n) is 13.9. The van der Waals surface area contributed by atoms with Gasteiger partial charge in [0.25, 0.3) is 0 Å². The number of rotatable bonds is 4. The van der Waals surface area contributed by atoms with Crippen molar-refractivity contribution in [2.75, 3.05) is 0 Å². The first-order valence-electron chi connectivity index (χ1n) is 21.2. The van der Waals surface area contributed by atoms with E-state index in [2.05, 4.69) is 216 Å². The summed E-state index contributed by atoms with van der Waals surface area (Å²) in [5, 5.41) is 6.04. The number of nitrogens with zero attached hydrogens (tertiary/aromatic N) is 1. The zero-order valence-corrected chi connectivity index (χ0v) is 34.3. The van der Waals surface area contributed by atoms with Crippen LogP contribution in [0.25, 0.3) is 99.2 Å². The summed E-state index contributed by atoms with van der Waals surface area (Å²) in [4.78, 5) is 5.08. The summed E-state index contributed by atoms with van der Waals surface area (Å²) >= 11 is 0. The molecule has 10 aromatic rings. The van der Waals surface area contributed by atoms with Gasteiger partial charge in [-0.2, -0.15) is 0 Å². The molecular formula is C59H43N. The van der Waals surface area contributed by atoms with Gasteiger partial charge >= 0.3 is 0 Å². The quantitative estimate of drug-likeness (QED) is 0.128. The van der Waals surface area contributed by atoms with Crippen molar-refractivity contribution in [3.8, 4) is 66.8 Å². The van der Waals surface area contributed by atoms with Crippen LogP contribution in [-0.2, 0) is 10.8 Å². The summed E-state index contributed by atoms with van der Waals surface area (Å²) in [7, 11) is 0. The lowest BCUT2D eigenvalue weighted by molar-refractivity contribution is 0.660. The van der Waals surface area contributed by atoms with Gasteiger partial charge in [-0.25, -0.2) is 0 Å². The number of benzene rings is 9. The Morgan fingerprint density at radius 1 is 0.317 bits per heavy atom. The molecule has 12 rings (SSSR count). The molecule has 60 heavy (non-hydrogen) atoms. The third kappa shape index (κ3) is 4.96. The van der Waals surface area contributed by atoms with Crippen molar-refractivity contribution in [2.24, 2.45) is 0 Å². The average molecular weight is 766 g/mol. The number of para-hydroxylation sites is 1. The van der Waals surface area contributed by atoms with E-state index in [9.17, 15) is 0 Å². The zero-order chi connectivity index (χ0) is 40.3. The van der Waals surface area contributed by atoms with E-state index < -0.39 is 0 Å². The van der Waals surface area contributed by atoms with Crippen LogP contribution in [0.4, 0.5) is 0 Å². The maximum atomic E-state index is 5.08. The van der Waals surface area contributed by atoms with E-state index >= 15 is 0 Å². The molecule has 0 N–H and O–H groups in total. The lowest BCUT2D eigenvalue weighted by atomic mass is 9.81. The monoisotopic (exact) mass is 765 g/mol. The van der Waals surface area contributed by atoms with Gasteiger partial charge in [0.15, 0.2) is 0 Å². The molecular weight excluding hydrogens is 723 g/mol. The topological polar surface area (TPSA) is 12.9 Å². The molecule has 0 bridgehead atoms. The van der Waals surface area contributed by atoms with Crippen LogP contribution >= 0.6 is 0 Å². The standard InChI is InChI=1S/C59H43N/c1-58(2)50-18-10-7-13-42(50)44-31-29-40(33-52(44)58)36-21-25-38(26-22-36)55-46-15-5-6-16-47(46)56(57-48-17-9-12-20-54(48)60-35-49(55)57)39-27-23-37(24-28-39)41-30-32-45-43-14-8-11-19-51(43)59(3,4)53(45)34-41/h5-35H,1-4H3. The van der Waals surface area contributed by atoms with Gasteiger partial charge < -0.3 is 0 Å². The normalized spacial score (nSPS) is 14.3. The summed E-state index contributed by atoms with van der Waals surface area (Å²) in [5.74, 6) is 0. The second-order valence-corrected chi connectivity index (χ2v) is 17.9. The van der Waals surface area contributed by atoms with Crippen molar-refractivity contribution in [3.05, 3.63) is 210 Å². The van der Waals surface area contributed by atoms with Gasteiger partial charge in [0.2, 0.25) is 0 Å². The Kier molecular flexibility index (Phi) is 7.39. The van der Waals surface area contributed by atoms with E-state index in [-0.39, 0.29) is 10.8 Å². The highest BCUT2D eigenvalue weighted by Gasteiger charge is 2.36. The Morgan fingerprint density at radius 3 is 1.27 bits per heavy atom. The first kappa shape index (κ1) is 34.9. The van der Waals surface area contributed by atoms with Crippen LogP contribution in [0.5, 0.6) is 0 Å². The Labute approximate surface area is 351 Å². The van der Waals surface area contributed by atoms with Crippen molar-refractivity contribution < 1.29 is 0 Å². The average Bonchev–Trinajstić information content (AvgIpc) is 3.67. The van der Waals surface area contributed by atoms with Crippen LogP contribution in [-0.4, -0.2) is 4.98 Å². The Hall–Kier alpha value is -7.09. The van der Waals surface area contributed by atoms with E-state index in [4.69, 9.17) is 4.98 Å². The molecule has 2 aliphatic rings. The molecule has 0 unspecified atom stereocenters. The molecule has 0 saturated heterocycles. The lowest BCUT2D eigenvalue weighted by Crippen LogP contribution is -2.14. The van der Waals surface area contributed by atoms with Gasteiger partial charge in [0.05, 0.1) is 5.52 Å². The Bertz CT molecular complexity index is 3400. The van der Waals surface area contributed by atoms with E-state index in [1.54, 1.807) is 0 Å². The van der Waals surface area contributed by atoms with Crippen LogP contribution in [0.3, 0.4) is 0 Å². The Morgan fingerprint density at radius 2 is 0.717 bits per heavy atom. The fourth-order valence-electron chi connectivity index (χ4n) is 10.8. The molecule has 0 fully saturated rings. The van der Waals surface area contributed by atoms with Gasteiger partial charge in [0.1, 0.15) is 0 Å². The molecule has 0 radical (unpaired) electrons. The van der Waals surface area contributed by atoms with Gasteiger partial charge in [-0.3, -0.25) is 4.98 Å². The number of hydrogen-bond acceptors (Lipinski definition) is 1. The molecule has 2 aliphatic carbocycles. The minimum absolute atomic E-state index is 0.0381. The largest absolute Gasteiger partial charge is 0.256 e. The fourth-order valence-corrected chi connectivity index (χ4v) is 10.8. The zero-order valence-electron chi connectivity index (χ0n) is 34.3. The number of fused-ring (bicyclic) bond motifs is 10. The van der Waals surface area contributed by atoms with Crippen LogP contribution in [0.1, 0.15) is 49.9 Å². The van der Waals surface area contributed by atoms with Gasteiger partial charge in [-0.1, -0.05) is 191 Å². The van der Waals surface area contributed by atoms with Crippen molar-refractivity contribution in [2.45, 2.75) is 38.5 Å². The minimum atomic E-state index is -0.0388. The van der Waals surface area contributed by atoms with Gasteiger partial charge in [0, 0.05) is 33.2 Å². The minimum Gasteiger partial charge on any atom is -0.256 e. The second-order valence-electron chi connectivity index (χ2n) is 17.9. The molecule has 0 aliphatic heterocycles. The first-order chi connectivity index (χ1) is 29.3. The SMILES string of the molecule is CC1(C)c2ccccc2-c2ccc(-c3ccc(-c4c5ccccc5c(-c5ccc(-c6ccc7c(c6)C(C)(C)c6ccccc6-7)cc5)c5c4cnc4ccccc45)cc3)cc21. The Balaban J connectivity index is 0.985. The van der Waals surface area contributed by atoms with Gasteiger partial charge in [-0.15, -0.1) is 0 Å². The lowest BCUT2D eigenvalue weighted by Gasteiger charge is -2.22. The molecule has 1 nitrogen and oxygen atoms in total. The smallest absolute Gasteiger partial charge is 0.0708 e. The molecule has 0 atom stereocenters. The third-order valence-corrected chi connectivity index (χ3v) is 13.9. The van der Waals surface area contributed by atoms with E-state index in [1.807, 2.05) is 0 Å². The number of pyridine rings is 1. The number of aromatic nitrogens is 1. The summed E-state index contributed by atoms with van der Waals surface area (Å²) < 4.78 is 0. The van der Waals surface area contributed by atoms with Crippen molar-refractivity contribution in [3.63, 3.8) is 0 Å². The molecule has 9 aromatic carbocycles. The van der Waals surface area contributed by atoms with Crippen LogP contribution < -0.4 is 0 Å². The molecule has 1 aromatic heterocycles.